The van der Waals surface area contributed by atoms with Gasteiger partial charge in [-0.25, -0.2) is 4.79 Å². The molecule has 3 rings (SSSR count). The predicted molar refractivity (Wildman–Crippen MR) is 98.1 cm³/mol. The quantitative estimate of drug-likeness (QED) is 0.863. The fourth-order valence-electron chi connectivity index (χ4n) is 3.18. The highest BCUT2D eigenvalue weighted by molar-refractivity contribution is 5.74. The van der Waals surface area contributed by atoms with Crippen molar-refractivity contribution in [2.45, 2.75) is 38.3 Å². The molecule has 0 bridgehead atoms. The van der Waals surface area contributed by atoms with Crippen molar-refractivity contribution in [3.63, 3.8) is 0 Å². The number of carbonyl (C=O) groups is 2. The Morgan fingerprint density at radius 3 is 2.50 bits per heavy atom. The molecule has 1 aliphatic rings. The highest BCUT2D eigenvalue weighted by Gasteiger charge is 2.30. The first-order valence-corrected chi connectivity index (χ1v) is 8.80. The molecule has 0 aliphatic carbocycles. The first kappa shape index (κ1) is 17.9. The van der Waals surface area contributed by atoms with E-state index in [9.17, 15) is 9.59 Å². The maximum Gasteiger partial charge on any atom is 0.410 e. The van der Waals surface area contributed by atoms with Gasteiger partial charge in [-0.05, 0) is 42.2 Å². The minimum atomic E-state index is -0.369. The molecule has 2 heterocycles. The summed E-state index contributed by atoms with van der Waals surface area (Å²) in [7, 11) is 0. The van der Waals surface area contributed by atoms with E-state index in [4.69, 9.17) is 10.5 Å². The molecule has 0 radical (unpaired) electrons. The molecule has 2 N–H and O–H groups in total. The van der Waals surface area contributed by atoms with Crippen LogP contribution in [0.5, 0.6) is 0 Å². The number of pyridine rings is 1. The minimum absolute atomic E-state index is 0.0777. The molecule has 6 heteroatoms. The van der Waals surface area contributed by atoms with Gasteiger partial charge in [0, 0.05) is 31.8 Å². The zero-order valence-electron chi connectivity index (χ0n) is 14.8. The lowest BCUT2D eigenvalue weighted by molar-refractivity contribution is -0.118. The lowest BCUT2D eigenvalue weighted by Crippen LogP contribution is -2.43. The normalized spacial score (nSPS) is 18.3. The Morgan fingerprint density at radius 2 is 1.88 bits per heavy atom. The molecule has 2 amide bonds. The zero-order valence-corrected chi connectivity index (χ0v) is 14.8. The standard InChI is InChI=1S/C20H23N3O3/c1-14(23-13-10-18(26-20(23)25)6-7-19(21)24)15-2-4-16(5-3-15)17-8-11-22-12-9-17/h2-5,8-9,11-12,14,18H,6-7,10,13H2,1H3,(H2,21,24). The van der Waals surface area contributed by atoms with Crippen molar-refractivity contribution in [2.24, 2.45) is 5.73 Å². The van der Waals surface area contributed by atoms with Gasteiger partial charge < -0.3 is 15.4 Å². The summed E-state index contributed by atoms with van der Waals surface area (Å²) in [6.45, 7) is 2.60. The van der Waals surface area contributed by atoms with Crippen LogP contribution in [0, 0.1) is 0 Å². The number of benzene rings is 1. The molecule has 26 heavy (non-hydrogen) atoms. The smallest absolute Gasteiger partial charge is 0.410 e. The van der Waals surface area contributed by atoms with Gasteiger partial charge in [0.05, 0.1) is 6.04 Å². The van der Waals surface area contributed by atoms with E-state index in [1.807, 2.05) is 43.3 Å². The molecule has 1 saturated heterocycles. The van der Waals surface area contributed by atoms with Crippen LogP contribution in [0.15, 0.2) is 48.8 Å². The SMILES string of the molecule is CC(c1ccc(-c2ccncc2)cc1)N1CCC(CCC(N)=O)OC1=O. The van der Waals surface area contributed by atoms with E-state index in [1.165, 1.54) is 0 Å². The Balaban J connectivity index is 1.63. The average molecular weight is 353 g/mol. The van der Waals surface area contributed by atoms with Crippen LogP contribution in [-0.4, -0.2) is 34.5 Å². The number of aromatic nitrogens is 1. The van der Waals surface area contributed by atoms with Crippen LogP contribution < -0.4 is 5.73 Å². The Bertz CT molecular complexity index is 762. The number of amides is 2. The molecule has 0 saturated carbocycles. The van der Waals surface area contributed by atoms with Gasteiger partial charge in [0.15, 0.2) is 0 Å². The van der Waals surface area contributed by atoms with E-state index in [-0.39, 0.29) is 30.6 Å². The Labute approximate surface area is 153 Å². The summed E-state index contributed by atoms with van der Waals surface area (Å²) in [6, 6.07) is 12.0. The third-order valence-corrected chi connectivity index (χ3v) is 4.78. The molecular weight excluding hydrogens is 330 g/mol. The summed E-state index contributed by atoms with van der Waals surface area (Å²) >= 11 is 0. The van der Waals surface area contributed by atoms with E-state index in [0.717, 1.165) is 16.7 Å². The Kier molecular flexibility index (Phi) is 5.51. The highest BCUT2D eigenvalue weighted by atomic mass is 16.6. The number of ether oxygens (including phenoxy) is 1. The van der Waals surface area contributed by atoms with Crippen LogP contribution >= 0.6 is 0 Å². The molecule has 136 valence electrons. The van der Waals surface area contributed by atoms with Crippen molar-refractivity contribution in [3.05, 3.63) is 54.4 Å². The molecule has 1 aromatic carbocycles. The summed E-state index contributed by atoms with van der Waals surface area (Å²) in [5, 5.41) is 0. The lowest BCUT2D eigenvalue weighted by Gasteiger charge is -2.35. The van der Waals surface area contributed by atoms with Gasteiger partial charge in [0.2, 0.25) is 5.91 Å². The van der Waals surface area contributed by atoms with Crippen LogP contribution in [-0.2, 0) is 9.53 Å². The molecule has 2 atom stereocenters. The Hall–Kier alpha value is -2.89. The van der Waals surface area contributed by atoms with Crippen molar-refractivity contribution in [1.82, 2.24) is 9.88 Å². The van der Waals surface area contributed by atoms with Gasteiger partial charge in [-0.15, -0.1) is 0 Å². The second kappa shape index (κ2) is 7.99. The topological polar surface area (TPSA) is 85.5 Å². The monoisotopic (exact) mass is 353 g/mol. The van der Waals surface area contributed by atoms with Gasteiger partial charge >= 0.3 is 6.09 Å². The second-order valence-corrected chi connectivity index (χ2v) is 6.53. The molecule has 2 unspecified atom stereocenters. The van der Waals surface area contributed by atoms with Crippen molar-refractivity contribution in [1.29, 1.82) is 0 Å². The predicted octanol–water partition coefficient (Wildman–Crippen LogP) is 3.29. The second-order valence-electron chi connectivity index (χ2n) is 6.53. The van der Waals surface area contributed by atoms with Crippen molar-refractivity contribution in [2.75, 3.05) is 6.54 Å². The zero-order chi connectivity index (χ0) is 18.5. The molecule has 1 aliphatic heterocycles. The summed E-state index contributed by atoms with van der Waals surface area (Å²) < 4.78 is 5.46. The van der Waals surface area contributed by atoms with Gasteiger partial charge in [0.25, 0.3) is 0 Å². The maximum absolute atomic E-state index is 12.3. The summed E-state index contributed by atoms with van der Waals surface area (Å²) in [5.74, 6) is -0.369. The number of hydrogen-bond acceptors (Lipinski definition) is 4. The van der Waals surface area contributed by atoms with Crippen LogP contribution in [0.2, 0.25) is 0 Å². The Morgan fingerprint density at radius 1 is 1.23 bits per heavy atom. The fourth-order valence-corrected chi connectivity index (χ4v) is 3.18. The number of nitrogens with two attached hydrogens (primary N) is 1. The lowest BCUT2D eigenvalue weighted by atomic mass is 10.0. The summed E-state index contributed by atoms with van der Waals surface area (Å²) in [6.07, 6.45) is 4.41. The van der Waals surface area contributed by atoms with Crippen LogP contribution in [0.3, 0.4) is 0 Å². The molecule has 1 fully saturated rings. The molecule has 6 nitrogen and oxygen atoms in total. The molecule has 1 aromatic heterocycles. The maximum atomic E-state index is 12.3. The van der Waals surface area contributed by atoms with E-state index >= 15 is 0 Å². The van der Waals surface area contributed by atoms with E-state index < -0.39 is 0 Å². The third-order valence-electron chi connectivity index (χ3n) is 4.78. The third kappa shape index (κ3) is 4.20. The van der Waals surface area contributed by atoms with E-state index in [2.05, 4.69) is 4.98 Å². The highest BCUT2D eigenvalue weighted by Crippen LogP contribution is 2.28. The van der Waals surface area contributed by atoms with Crippen molar-refractivity contribution in [3.8, 4) is 11.1 Å². The first-order valence-electron chi connectivity index (χ1n) is 8.80. The first-order chi connectivity index (χ1) is 12.5. The van der Waals surface area contributed by atoms with Gasteiger partial charge in [0.1, 0.15) is 6.10 Å². The number of carbonyl (C=O) groups excluding carboxylic acids is 2. The fraction of sp³-hybridized carbons (Fsp3) is 0.350. The minimum Gasteiger partial charge on any atom is -0.446 e. The number of hydrogen-bond donors (Lipinski definition) is 1. The van der Waals surface area contributed by atoms with E-state index in [1.54, 1.807) is 17.3 Å². The number of primary amides is 1. The summed E-state index contributed by atoms with van der Waals surface area (Å²) in [5.41, 5.74) is 8.42. The van der Waals surface area contributed by atoms with Crippen molar-refractivity contribution < 1.29 is 14.3 Å². The molecule has 0 spiro atoms. The number of rotatable bonds is 6. The summed E-state index contributed by atoms with van der Waals surface area (Å²) in [4.78, 5) is 29.0. The van der Waals surface area contributed by atoms with E-state index in [0.29, 0.717) is 19.4 Å². The van der Waals surface area contributed by atoms with Crippen molar-refractivity contribution >= 4 is 12.0 Å². The van der Waals surface area contributed by atoms with Gasteiger partial charge in [-0.2, -0.15) is 0 Å². The number of nitrogens with zero attached hydrogens (tertiary/aromatic N) is 2. The average Bonchev–Trinajstić information content (AvgIpc) is 2.67. The molecule has 2 aromatic rings. The van der Waals surface area contributed by atoms with Crippen LogP contribution in [0.4, 0.5) is 4.79 Å². The van der Waals surface area contributed by atoms with Crippen LogP contribution in [0.1, 0.15) is 37.8 Å². The van der Waals surface area contributed by atoms with Gasteiger partial charge in [-0.1, -0.05) is 24.3 Å². The largest absolute Gasteiger partial charge is 0.446 e. The number of cyclic esters (lactones) is 1. The molecular formula is C20H23N3O3. The van der Waals surface area contributed by atoms with Crippen LogP contribution in [0.25, 0.3) is 11.1 Å². The van der Waals surface area contributed by atoms with Gasteiger partial charge in [-0.3, -0.25) is 9.78 Å².